The monoisotopic (exact) mass is 367 g/mol. The lowest BCUT2D eigenvalue weighted by Crippen LogP contribution is -2.25. The van der Waals surface area contributed by atoms with Gasteiger partial charge in [0.05, 0.1) is 6.54 Å². The largest absolute Gasteiger partial charge is 0.491 e. The summed E-state index contributed by atoms with van der Waals surface area (Å²) in [6, 6.07) is 12.5. The summed E-state index contributed by atoms with van der Waals surface area (Å²) in [5.74, 6) is 0.648. The van der Waals surface area contributed by atoms with Crippen LogP contribution in [0.3, 0.4) is 0 Å². The number of aryl methyl sites for hydroxylation is 2. The molecule has 3 aromatic rings. The van der Waals surface area contributed by atoms with Crippen LogP contribution in [0.25, 0.3) is 11.4 Å². The molecular formula is C19H21N5O3. The van der Waals surface area contributed by atoms with Crippen LogP contribution in [0.1, 0.15) is 21.5 Å². The molecule has 1 amide bonds. The van der Waals surface area contributed by atoms with Gasteiger partial charge in [-0.15, -0.1) is 10.2 Å². The number of ether oxygens (including phenoxy) is 1. The molecule has 1 atom stereocenters. The van der Waals surface area contributed by atoms with E-state index in [-0.39, 0.29) is 13.2 Å². The zero-order valence-electron chi connectivity index (χ0n) is 15.2. The number of aliphatic hydroxyl groups excluding tert-OH is 1. The average Bonchev–Trinajstić information content (AvgIpc) is 3.11. The molecular weight excluding hydrogens is 346 g/mol. The Morgan fingerprint density at radius 1 is 1.22 bits per heavy atom. The molecule has 0 saturated carbocycles. The average molecular weight is 367 g/mol. The summed E-state index contributed by atoms with van der Waals surface area (Å²) in [5, 5.41) is 22.4. The third kappa shape index (κ3) is 4.68. The standard InChI is InChI=1S/C19H21N5O3/c1-12-3-4-13(2)17(9-12)27-11-16(25)10-24-22-19(21-23-24)15-7-5-14(6-8-15)18(20)26/h3-9,16,25H,10-11H2,1-2H3,(H2,20,26)/t16-/m0/s1. The molecule has 0 radical (unpaired) electrons. The molecule has 0 aliphatic carbocycles. The minimum absolute atomic E-state index is 0.120. The third-order valence-electron chi connectivity index (χ3n) is 4.03. The highest BCUT2D eigenvalue weighted by atomic mass is 16.5. The van der Waals surface area contributed by atoms with E-state index in [1.165, 1.54) is 4.80 Å². The van der Waals surface area contributed by atoms with Crippen molar-refractivity contribution in [2.75, 3.05) is 6.61 Å². The molecule has 0 aliphatic heterocycles. The van der Waals surface area contributed by atoms with Crippen LogP contribution in [0.2, 0.25) is 0 Å². The van der Waals surface area contributed by atoms with Gasteiger partial charge in [0.1, 0.15) is 18.5 Å². The summed E-state index contributed by atoms with van der Waals surface area (Å²) in [7, 11) is 0. The summed E-state index contributed by atoms with van der Waals surface area (Å²) >= 11 is 0. The predicted octanol–water partition coefficient (Wildman–Crippen LogP) is 1.50. The van der Waals surface area contributed by atoms with Crippen molar-refractivity contribution >= 4 is 5.91 Å². The van der Waals surface area contributed by atoms with Gasteiger partial charge in [-0.1, -0.05) is 24.3 Å². The van der Waals surface area contributed by atoms with E-state index < -0.39 is 12.0 Å². The Balaban J connectivity index is 1.59. The van der Waals surface area contributed by atoms with Gasteiger partial charge >= 0.3 is 0 Å². The van der Waals surface area contributed by atoms with Crippen LogP contribution in [0.15, 0.2) is 42.5 Å². The second-order valence-corrected chi connectivity index (χ2v) is 6.34. The van der Waals surface area contributed by atoms with Crippen LogP contribution in [-0.4, -0.2) is 43.9 Å². The maximum Gasteiger partial charge on any atom is 0.248 e. The van der Waals surface area contributed by atoms with Crippen molar-refractivity contribution in [3.63, 3.8) is 0 Å². The molecule has 0 aliphatic rings. The topological polar surface area (TPSA) is 116 Å². The molecule has 1 heterocycles. The van der Waals surface area contributed by atoms with Crippen molar-refractivity contribution in [2.45, 2.75) is 26.5 Å². The molecule has 0 bridgehead atoms. The summed E-state index contributed by atoms with van der Waals surface area (Å²) < 4.78 is 5.70. The molecule has 2 aromatic carbocycles. The lowest BCUT2D eigenvalue weighted by molar-refractivity contribution is 0.0846. The first-order valence-corrected chi connectivity index (χ1v) is 8.48. The third-order valence-corrected chi connectivity index (χ3v) is 4.03. The number of hydrogen-bond donors (Lipinski definition) is 2. The van der Waals surface area contributed by atoms with Crippen molar-refractivity contribution in [2.24, 2.45) is 5.73 Å². The fraction of sp³-hybridized carbons (Fsp3) is 0.263. The first kappa shape index (κ1) is 18.5. The molecule has 8 heteroatoms. The van der Waals surface area contributed by atoms with Crippen LogP contribution in [0.4, 0.5) is 0 Å². The van der Waals surface area contributed by atoms with Crippen LogP contribution in [0, 0.1) is 13.8 Å². The van der Waals surface area contributed by atoms with Crippen molar-refractivity contribution < 1.29 is 14.6 Å². The maximum atomic E-state index is 11.1. The highest BCUT2D eigenvalue weighted by molar-refractivity contribution is 5.93. The van der Waals surface area contributed by atoms with E-state index in [9.17, 15) is 9.90 Å². The van der Waals surface area contributed by atoms with Crippen molar-refractivity contribution in [3.05, 3.63) is 59.2 Å². The van der Waals surface area contributed by atoms with Crippen molar-refractivity contribution in [1.82, 2.24) is 20.2 Å². The molecule has 3 N–H and O–H groups in total. The number of rotatable bonds is 7. The van der Waals surface area contributed by atoms with Crippen LogP contribution >= 0.6 is 0 Å². The molecule has 0 unspecified atom stereocenters. The second-order valence-electron chi connectivity index (χ2n) is 6.34. The zero-order valence-corrected chi connectivity index (χ0v) is 15.2. The lowest BCUT2D eigenvalue weighted by Gasteiger charge is -2.13. The minimum atomic E-state index is -0.788. The predicted molar refractivity (Wildman–Crippen MR) is 99.2 cm³/mol. The Morgan fingerprint density at radius 2 is 1.96 bits per heavy atom. The Labute approximate surface area is 156 Å². The van der Waals surface area contributed by atoms with Gasteiger partial charge in [-0.3, -0.25) is 4.79 Å². The fourth-order valence-corrected chi connectivity index (χ4v) is 2.51. The van der Waals surface area contributed by atoms with Crippen molar-refractivity contribution in [3.8, 4) is 17.1 Å². The number of nitrogens with two attached hydrogens (primary N) is 1. The van der Waals surface area contributed by atoms with Crippen LogP contribution in [0.5, 0.6) is 5.75 Å². The quantitative estimate of drug-likeness (QED) is 0.654. The molecule has 3 rings (SSSR count). The normalized spacial score (nSPS) is 12.0. The number of hydrogen-bond acceptors (Lipinski definition) is 6. The van der Waals surface area contributed by atoms with E-state index in [2.05, 4.69) is 15.4 Å². The Hall–Kier alpha value is -3.26. The zero-order chi connectivity index (χ0) is 19.4. The van der Waals surface area contributed by atoms with Gasteiger partial charge in [-0.25, -0.2) is 0 Å². The molecule has 0 saturated heterocycles. The molecule has 0 fully saturated rings. The molecule has 27 heavy (non-hydrogen) atoms. The number of tetrazole rings is 1. The first-order valence-electron chi connectivity index (χ1n) is 8.48. The molecule has 0 spiro atoms. The highest BCUT2D eigenvalue weighted by Gasteiger charge is 2.12. The number of carbonyl (C=O) groups is 1. The number of aromatic nitrogens is 4. The SMILES string of the molecule is Cc1ccc(C)c(OC[C@@H](O)Cn2nnc(-c3ccc(C(N)=O)cc3)n2)c1. The number of amides is 1. The summed E-state index contributed by atoms with van der Waals surface area (Å²) in [6.45, 7) is 4.21. The smallest absolute Gasteiger partial charge is 0.248 e. The number of primary amides is 1. The Morgan fingerprint density at radius 3 is 2.67 bits per heavy atom. The van der Waals surface area contributed by atoms with E-state index in [1.54, 1.807) is 24.3 Å². The van der Waals surface area contributed by atoms with E-state index in [1.807, 2.05) is 32.0 Å². The van der Waals surface area contributed by atoms with Gasteiger partial charge in [0.25, 0.3) is 0 Å². The molecule has 8 nitrogen and oxygen atoms in total. The molecule has 140 valence electrons. The van der Waals surface area contributed by atoms with E-state index in [0.29, 0.717) is 17.0 Å². The maximum absolute atomic E-state index is 11.1. The summed E-state index contributed by atoms with van der Waals surface area (Å²) in [6.07, 6.45) is -0.788. The van der Waals surface area contributed by atoms with E-state index in [0.717, 1.165) is 16.9 Å². The second kappa shape index (κ2) is 7.96. The van der Waals surface area contributed by atoms with E-state index in [4.69, 9.17) is 10.5 Å². The first-order chi connectivity index (χ1) is 12.9. The number of nitrogens with zero attached hydrogens (tertiary/aromatic N) is 4. The van der Waals surface area contributed by atoms with Crippen molar-refractivity contribution in [1.29, 1.82) is 0 Å². The van der Waals surface area contributed by atoms with Gasteiger partial charge in [-0.05, 0) is 48.4 Å². The lowest BCUT2D eigenvalue weighted by atomic mass is 10.1. The van der Waals surface area contributed by atoms with Gasteiger partial charge in [-0.2, -0.15) is 4.80 Å². The Bertz CT molecular complexity index is 937. The number of aliphatic hydroxyl groups is 1. The fourth-order valence-electron chi connectivity index (χ4n) is 2.51. The van der Waals surface area contributed by atoms with Gasteiger partial charge in [0.2, 0.25) is 11.7 Å². The summed E-state index contributed by atoms with van der Waals surface area (Å²) in [5.41, 5.74) is 8.43. The van der Waals surface area contributed by atoms with Crippen LogP contribution in [-0.2, 0) is 6.54 Å². The number of benzene rings is 2. The van der Waals surface area contributed by atoms with Gasteiger partial charge in [0, 0.05) is 11.1 Å². The minimum Gasteiger partial charge on any atom is -0.491 e. The van der Waals surface area contributed by atoms with Crippen LogP contribution < -0.4 is 10.5 Å². The van der Waals surface area contributed by atoms with Gasteiger partial charge in [0.15, 0.2) is 0 Å². The highest BCUT2D eigenvalue weighted by Crippen LogP contribution is 2.19. The van der Waals surface area contributed by atoms with E-state index >= 15 is 0 Å². The Kier molecular flexibility index (Phi) is 5.46. The molecule has 1 aromatic heterocycles. The number of carbonyl (C=O) groups excluding carboxylic acids is 1. The van der Waals surface area contributed by atoms with Gasteiger partial charge < -0.3 is 15.6 Å². The summed E-state index contributed by atoms with van der Waals surface area (Å²) in [4.78, 5) is 12.4.